The third-order valence-electron chi connectivity index (χ3n) is 3.42. The maximum Gasteiger partial charge on any atom is 0.160 e. The summed E-state index contributed by atoms with van der Waals surface area (Å²) in [6.45, 7) is 2.06. The lowest BCUT2D eigenvalue weighted by Crippen LogP contribution is -1.98. The number of hydrogen-bond acceptors (Lipinski definition) is 2. The summed E-state index contributed by atoms with van der Waals surface area (Å²) in [4.78, 5) is 0. The van der Waals surface area contributed by atoms with Gasteiger partial charge in [0.05, 0.1) is 19.6 Å². The van der Waals surface area contributed by atoms with Gasteiger partial charge in [0.25, 0.3) is 0 Å². The normalized spacial score (nSPS) is 12.0. The van der Waals surface area contributed by atoms with Gasteiger partial charge in [-0.2, -0.15) is 0 Å². The maximum atomic E-state index is 6.54. The van der Waals surface area contributed by atoms with Crippen molar-refractivity contribution in [3.63, 3.8) is 0 Å². The summed E-state index contributed by atoms with van der Waals surface area (Å²) in [6, 6.07) is 12.1. The Bertz CT molecular complexity index is 628. The van der Waals surface area contributed by atoms with Crippen LogP contribution in [0.15, 0.2) is 40.9 Å². The Hall–Kier alpha value is -1.19. The lowest BCUT2D eigenvalue weighted by Gasteiger charge is -2.13. The molecule has 2 aromatic carbocycles. The van der Waals surface area contributed by atoms with Crippen LogP contribution < -0.4 is 9.47 Å². The summed E-state index contributed by atoms with van der Waals surface area (Å²) in [5.41, 5.74) is 3.42. The highest BCUT2D eigenvalue weighted by molar-refractivity contribution is 9.10. The van der Waals surface area contributed by atoms with Crippen molar-refractivity contribution in [2.24, 2.45) is 0 Å². The van der Waals surface area contributed by atoms with Crippen molar-refractivity contribution in [3.05, 3.63) is 57.6 Å². The topological polar surface area (TPSA) is 18.5 Å². The van der Waals surface area contributed by atoms with Gasteiger partial charge < -0.3 is 9.47 Å². The van der Waals surface area contributed by atoms with Gasteiger partial charge in [-0.05, 0) is 48.2 Å². The molecule has 0 N–H and O–H groups in total. The number of methoxy groups -OCH3 is 2. The Morgan fingerprint density at radius 1 is 1.05 bits per heavy atom. The van der Waals surface area contributed by atoms with Gasteiger partial charge in [-0.25, -0.2) is 0 Å². The van der Waals surface area contributed by atoms with Crippen LogP contribution >= 0.6 is 27.5 Å². The van der Waals surface area contributed by atoms with E-state index in [0.717, 1.165) is 33.5 Å². The zero-order valence-electron chi connectivity index (χ0n) is 12.3. The van der Waals surface area contributed by atoms with E-state index in [-0.39, 0.29) is 5.38 Å². The number of halogens is 2. The van der Waals surface area contributed by atoms with Gasteiger partial charge in [0.1, 0.15) is 0 Å². The second kappa shape index (κ2) is 7.19. The third kappa shape index (κ3) is 3.92. The predicted molar refractivity (Wildman–Crippen MR) is 90.7 cm³/mol. The number of hydrogen-bond donors (Lipinski definition) is 0. The molecule has 0 aliphatic heterocycles. The van der Waals surface area contributed by atoms with Crippen molar-refractivity contribution in [1.82, 2.24) is 0 Å². The zero-order chi connectivity index (χ0) is 15.4. The molecule has 21 heavy (non-hydrogen) atoms. The molecule has 0 bridgehead atoms. The molecule has 1 unspecified atom stereocenters. The quantitative estimate of drug-likeness (QED) is 0.666. The SMILES string of the molecule is COc1ccc(CC(Cl)c2ccc(C)c(Br)c2)cc1OC. The minimum absolute atomic E-state index is 0.0833. The molecule has 2 nitrogen and oxygen atoms in total. The third-order valence-corrected chi connectivity index (χ3v) is 4.68. The van der Waals surface area contributed by atoms with Gasteiger partial charge in [0.15, 0.2) is 11.5 Å². The highest BCUT2D eigenvalue weighted by Crippen LogP contribution is 2.32. The van der Waals surface area contributed by atoms with E-state index in [2.05, 4.69) is 41.1 Å². The van der Waals surface area contributed by atoms with Crippen molar-refractivity contribution in [2.45, 2.75) is 18.7 Å². The van der Waals surface area contributed by atoms with Crippen LogP contribution in [0.4, 0.5) is 0 Å². The van der Waals surface area contributed by atoms with E-state index in [0.29, 0.717) is 0 Å². The number of ether oxygens (including phenoxy) is 2. The highest BCUT2D eigenvalue weighted by Gasteiger charge is 2.12. The first-order valence-corrected chi connectivity index (χ1v) is 7.89. The maximum absolute atomic E-state index is 6.54. The number of benzene rings is 2. The molecule has 0 saturated heterocycles. The Labute approximate surface area is 139 Å². The molecule has 0 aliphatic carbocycles. The molecule has 4 heteroatoms. The molecule has 0 heterocycles. The van der Waals surface area contributed by atoms with E-state index in [9.17, 15) is 0 Å². The monoisotopic (exact) mass is 368 g/mol. The molecule has 2 aromatic rings. The molecule has 112 valence electrons. The molecule has 0 aliphatic rings. The van der Waals surface area contributed by atoms with Crippen molar-refractivity contribution in [2.75, 3.05) is 14.2 Å². The first kappa shape index (κ1) is 16.2. The molecule has 0 radical (unpaired) electrons. The lowest BCUT2D eigenvalue weighted by atomic mass is 10.0. The standard InChI is InChI=1S/C17H18BrClO2/c1-11-4-6-13(10-14(11)18)15(19)8-12-5-7-16(20-2)17(9-12)21-3/h4-7,9-10,15H,8H2,1-3H3. The number of rotatable bonds is 5. The van der Waals surface area contributed by atoms with Crippen LogP contribution in [0.2, 0.25) is 0 Å². The smallest absolute Gasteiger partial charge is 0.160 e. The predicted octanol–water partition coefficient (Wildman–Crippen LogP) is 5.30. The summed E-state index contributed by atoms with van der Waals surface area (Å²) in [5, 5.41) is -0.0833. The van der Waals surface area contributed by atoms with E-state index < -0.39 is 0 Å². The van der Waals surface area contributed by atoms with Crippen LogP contribution in [0.5, 0.6) is 11.5 Å². The molecule has 1 atom stereocenters. The van der Waals surface area contributed by atoms with Crippen molar-refractivity contribution >= 4 is 27.5 Å². The van der Waals surface area contributed by atoms with Gasteiger partial charge in [-0.3, -0.25) is 0 Å². The van der Waals surface area contributed by atoms with Gasteiger partial charge in [0, 0.05) is 4.47 Å². The second-order valence-corrected chi connectivity index (χ2v) is 6.25. The van der Waals surface area contributed by atoms with E-state index in [1.54, 1.807) is 14.2 Å². The van der Waals surface area contributed by atoms with Gasteiger partial charge in [-0.1, -0.05) is 34.1 Å². The van der Waals surface area contributed by atoms with Gasteiger partial charge in [-0.15, -0.1) is 11.6 Å². The van der Waals surface area contributed by atoms with Gasteiger partial charge in [0.2, 0.25) is 0 Å². The molecule has 2 rings (SSSR count). The summed E-state index contributed by atoms with van der Waals surface area (Å²) in [5.74, 6) is 1.45. The molecular formula is C17H18BrClO2. The van der Waals surface area contributed by atoms with Crippen LogP contribution in [0.1, 0.15) is 22.1 Å². The van der Waals surface area contributed by atoms with Crippen LogP contribution in [0.3, 0.4) is 0 Å². The fraction of sp³-hybridized carbons (Fsp3) is 0.294. The lowest BCUT2D eigenvalue weighted by molar-refractivity contribution is 0.354. The van der Waals surface area contributed by atoms with E-state index >= 15 is 0 Å². The minimum Gasteiger partial charge on any atom is -0.493 e. The summed E-state index contributed by atoms with van der Waals surface area (Å²) >= 11 is 10.1. The molecule has 0 saturated carbocycles. The molecule has 0 aromatic heterocycles. The Kier molecular flexibility index (Phi) is 5.54. The summed E-state index contributed by atoms with van der Waals surface area (Å²) < 4.78 is 11.7. The van der Waals surface area contributed by atoms with E-state index in [4.69, 9.17) is 21.1 Å². The molecule has 0 amide bonds. The highest BCUT2D eigenvalue weighted by atomic mass is 79.9. The van der Waals surface area contributed by atoms with Crippen LogP contribution in [0, 0.1) is 6.92 Å². The largest absolute Gasteiger partial charge is 0.493 e. The Morgan fingerprint density at radius 3 is 2.38 bits per heavy atom. The minimum atomic E-state index is -0.0833. The fourth-order valence-electron chi connectivity index (χ4n) is 2.14. The number of alkyl halides is 1. The second-order valence-electron chi connectivity index (χ2n) is 4.87. The van der Waals surface area contributed by atoms with Gasteiger partial charge >= 0.3 is 0 Å². The average molecular weight is 370 g/mol. The van der Waals surface area contributed by atoms with E-state index in [1.165, 1.54) is 5.56 Å². The fourth-order valence-corrected chi connectivity index (χ4v) is 2.85. The zero-order valence-corrected chi connectivity index (χ0v) is 14.7. The van der Waals surface area contributed by atoms with Crippen molar-refractivity contribution in [1.29, 1.82) is 0 Å². The number of aryl methyl sites for hydroxylation is 1. The molecular weight excluding hydrogens is 352 g/mol. The van der Waals surface area contributed by atoms with Crippen LogP contribution in [-0.4, -0.2) is 14.2 Å². The molecule has 0 fully saturated rings. The first-order valence-electron chi connectivity index (χ1n) is 6.66. The van der Waals surface area contributed by atoms with E-state index in [1.807, 2.05) is 18.2 Å². The summed E-state index contributed by atoms with van der Waals surface area (Å²) in [6.07, 6.45) is 0.734. The molecule has 0 spiro atoms. The Morgan fingerprint density at radius 2 is 1.76 bits per heavy atom. The van der Waals surface area contributed by atoms with Crippen molar-refractivity contribution in [3.8, 4) is 11.5 Å². The van der Waals surface area contributed by atoms with Crippen LogP contribution in [-0.2, 0) is 6.42 Å². The first-order chi connectivity index (χ1) is 10.0. The van der Waals surface area contributed by atoms with Crippen LogP contribution in [0.25, 0.3) is 0 Å². The average Bonchev–Trinajstić information content (AvgIpc) is 2.49. The summed E-state index contributed by atoms with van der Waals surface area (Å²) in [7, 11) is 3.27. The Balaban J connectivity index is 2.18. The van der Waals surface area contributed by atoms with Crippen molar-refractivity contribution < 1.29 is 9.47 Å².